The topological polar surface area (TPSA) is 56.6 Å². The first kappa shape index (κ1) is 13.1. The van der Waals surface area contributed by atoms with Crippen molar-refractivity contribution in [2.24, 2.45) is 0 Å². The summed E-state index contributed by atoms with van der Waals surface area (Å²) in [5, 5.41) is 9.35. The van der Waals surface area contributed by atoms with Gasteiger partial charge in [0.1, 0.15) is 0 Å². The number of carbonyl (C=O) groups is 1. The normalized spacial score (nSPS) is 11.5. The van der Waals surface area contributed by atoms with E-state index < -0.39 is 24.8 Å². The number of fused-ring (bicyclic) bond motifs is 1. The molecule has 1 N–H and O–H groups in total. The number of hydrogen-bond donors (Lipinski definition) is 1. The van der Waals surface area contributed by atoms with Crippen LogP contribution in [0.4, 0.5) is 13.2 Å². The second kappa shape index (κ2) is 4.76. The number of benzene rings is 1. The molecule has 0 aliphatic carbocycles. The molecule has 0 amide bonds. The van der Waals surface area contributed by atoms with E-state index in [4.69, 9.17) is 5.26 Å². The largest absolute Gasteiger partial charge is 0.389 e. The van der Waals surface area contributed by atoms with Gasteiger partial charge in [-0.3, -0.25) is 4.79 Å². The van der Waals surface area contributed by atoms with Crippen LogP contribution in [0.3, 0.4) is 0 Å². The van der Waals surface area contributed by atoms with E-state index in [1.807, 2.05) is 6.07 Å². The summed E-state index contributed by atoms with van der Waals surface area (Å²) in [6.45, 7) is 0. The van der Waals surface area contributed by atoms with Crippen molar-refractivity contribution in [2.45, 2.75) is 19.0 Å². The van der Waals surface area contributed by atoms with Crippen LogP contribution in [0.2, 0.25) is 0 Å². The molecule has 1 aromatic carbocycles. The monoisotopic (exact) mass is 266 g/mol. The zero-order valence-corrected chi connectivity index (χ0v) is 9.71. The average Bonchev–Trinajstić information content (AvgIpc) is 2.78. The van der Waals surface area contributed by atoms with Crippen LogP contribution in [-0.4, -0.2) is 16.9 Å². The minimum atomic E-state index is -4.36. The lowest BCUT2D eigenvalue weighted by Crippen LogP contribution is -2.10. The molecule has 0 aliphatic rings. The summed E-state index contributed by atoms with van der Waals surface area (Å²) in [4.78, 5) is 14.6. The van der Waals surface area contributed by atoms with Gasteiger partial charge in [-0.05, 0) is 12.1 Å². The van der Waals surface area contributed by atoms with Crippen molar-refractivity contribution < 1.29 is 18.0 Å². The third-order valence-electron chi connectivity index (χ3n) is 2.76. The number of ketones is 1. The van der Waals surface area contributed by atoms with Gasteiger partial charge in [-0.2, -0.15) is 18.4 Å². The smallest absolute Gasteiger partial charge is 0.360 e. The number of nitrogens with one attached hydrogen (secondary N) is 1. The Bertz CT molecular complexity index is 665. The SMILES string of the molecule is N#Cc1cccc2[nH]cc(C(=O)CCC(F)(F)F)c12. The molecule has 1 heterocycles. The van der Waals surface area contributed by atoms with Crippen molar-refractivity contribution in [3.63, 3.8) is 0 Å². The van der Waals surface area contributed by atoms with E-state index in [9.17, 15) is 18.0 Å². The molecule has 2 rings (SSSR count). The lowest BCUT2D eigenvalue weighted by Gasteiger charge is -2.05. The summed E-state index contributed by atoms with van der Waals surface area (Å²) >= 11 is 0. The van der Waals surface area contributed by atoms with Crippen molar-refractivity contribution in [3.05, 3.63) is 35.5 Å². The van der Waals surface area contributed by atoms with Crippen LogP contribution in [0.5, 0.6) is 0 Å². The van der Waals surface area contributed by atoms with Crippen LogP contribution in [0.15, 0.2) is 24.4 Å². The third-order valence-corrected chi connectivity index (χ3v) is 2.76. The lowest BCUT2D eigenvalue weighted by atomic mass is 10.0. The number of aromatic nitrogens is 1. The number of carbonyl (C=O) groups excluding carboxylic acids is 1. The van der Waals surface area contributed by atoms with Gasteiger partial charge >= 0.3 is 6.18 Å². The highest BCUT2D eigenvalue weighted by atomic mass is 19.4. The molecule has 0 saturated heterocycles. The van der Waals surface area contributed by atoms with Gasteiger partial charge in [0, 0.05) is 29.1 Å². The highest BCUT2D eigenvalue weighted by molar-refractivity contribution is 6.09. The van der Waals surface area contributed by atoms with Crippen LogP contribution in [0.25, 0.3) is 10.9 Å². The molecule has 1 aromatic heterocycles. The molecule has 0 spiro atoms. The minimum absolute atomic E-state index is 0.136. The van der Waals surface area contributed by atoms with E-state index in [-0.39, 0.29) is 11.1 Å². The van der Waals surface area contributed by atoms with Gasteiger partial charge in [0.25, 0.3) is 0 Å². The highest BCUT2D eigenvalue weighted by Gasteiger charge is 2.28. The van der Waals surface area contributed by atoms with Gasteiger partial charge in [0.05, 0.1) is 18.1 Å². The molecule has 0 saturated carbocycles. The molecule has 0 aliphatic heterocycles. The fourth-order valence-corrected chi connectivity index (χ4v) is 1.89. The minimum Gasteiger partial charge on any atom is -0.360 e. The second-order valence-corrected chi connectivity index (χ2v) is 4.08. The van der Waals surface area contributed by atoms with E-state index >= 15 is 0 Å². The molecule has 0 radical (unpaired) electrons. The fraction of sp³-hybridized carbons (Fsp3) is 0.231. The van der Waals surface area contributed by atoms with E-state index in [0.29, 0.717) is 10.9 Å². The zero-order chi connectivity index (χ0) is 14.0. The maximum absolute atomic E-state index is 12.1. The Balaban J connectivity index is 2.36. The summed E-state index contributed by atoms with van der Waals surface area (Å²) in [5.41, 5.74) is 0.972. The van der Waals surface area contributed by atoms with E-state index in [1.54, 1.807) is 12.1 Å². The van der Waals surface area contributed by atoms with Crippen LogP contribution in [-0.2, 0) is 0 Å². The summed E-state index contributed by atoms with van der Waals surface area (Å²) < 4.78 is 36.3. The predicted octanol–water partition coefficient (Wildman–Crippen LogP) is 3.56. The Morgan fingerprint density at radius 2 is 2.11 bits per heavy atom. The fourth-order valence-electron chi connectivity index (χ4n) is 1.89. The standard InChI is InChI=1S/C13H9F3N2O/c14-13(15,16)5-4-11(19)9-7-18-10-3-1-2-8(6-17)12(9)10/h1-3,7,18H,4-5H2. The zero-order valence-electron chi connectivity index (χ0n) is 9.71. The molecule has 2 aromatic rings. The Hall–Kier alpha value is -2.29. The first-order valence-corrected chi connectivity index (χ1v) is 5.52. The number of halogens is 3. The summed E-state index contributed by atoms with van der Waals surface area (Å²) in [6.07, 6.45) is -4.78. The first-order valence-electron chi connectivity index (χ1n) is 5.52. The van der Waals surface area contributed by atoms with Crippen molar-refractivity contribution in [1.29, 1.82) is 5.26 Å². The molecule has 0 fully saturated rings. The van der Waals surface area contributed by atoms with Gasteiger partial charge < -0.3 is 4.98 Å². The molecule has 0 unspecified atom stereocenters. The average molecular weight is 266 g/mol. The van der Waals surface area contributed by atoms with Gasteiger partial charge in [-0.25, -0.2) is 0 Å². The maximum Gasteiger partial charge on any atom is 0.389 e. The van der Waals surface area contributed by atoms with E-state index in [0.717, 1.165) is 0 Å². The molecule has 6 heteroatoms. The number of H-pyrrole nitrogens is 1. The number of nitrogens with zero attached hydrogens (tertiary/aromatic N) is 1. The summed E-state index contributed by atoms with van der Waals surface area (Å²) in [5.74, 6) is -0.619. The lowest BCUT2D eigenvalue weighted by molar-refractivity contribution is -0.133. The number of nitriles is 1. The molecule has 0 bridgehead atoms. The Labute approximate surface area is 106 Å². The van der Waals surface area contributed by atoms with Gasteiger partial charge in [-0.1, -0.05) is 6.07 Å². The van der Waals surface area contributed by atoms with Crippen molar-refractivity contribution >= 4 is 16.7 Å². The predicted molar refractivity (Wildman–Crippen MR) is 62.6 cm³/mol. The van der Waals surface area contributed by atoms with E-state index in [1.165, 1.54) is 12.3 Å². The molecular weight excluding hydrogens is 257 g/mol. The van der Waals surface area contributed by atoms with Crippen molar-refractivity contribution in [1.82, 2.24) is 4.98 Å². The molecule has 98 valence electrons. The summed E-state index contributed by atoms with van der Waals surface area (Å²) in [7, 11) is 0. The van der Waals surface area contributed by atoms with Crippen LogP contribution in [0.1, 0.15) is 28.8 Å². The second-order valence-electron chi connectivity index (χ2n) is 4.08. The molecular formula is C13H9F3N2O. The Morgan fingerprint density at radius 3 is 2.74 bits per heavy atom. The van der Waals surface area contributed by atoms with Crippen LogP contribution in [0, 0.1) is 11.3 Å². The Kier molecular flexibility index (Phi) is 3.30. The molecule has 0 atom stereocenters. The van der Waals surface area contributed by atoms with Gasteiger partial charge in [0.15, 0.2) is 5.78 Å². The molecule has 3 nitrogen and oxygen atoms in total. The Morgan fingerprint density at radius 1 is 1.37 bits per heavy atom. The van der Waals surface area contributed by atoms with Crippen molar-refractivity contribution in [3.8, 4) is 6.07 Å². The number of Topliss-reactive ketones (excluding diaryl/α,β-unsaturated/α-hetero) is 1. The summed E-state index contributed by atoms with van der Waals surface area (Å²) in [6, 6.07) is 6.76. The maximum atomic E-state index is 12.1. The van der Waals surface area contributed by atoms with E-state index in [2.05, 4.69) is 4.98 Å². The molecule has 19 heavy (non-hydrogen) atoms. The number of aromatic amines is 1. The van der Waals surface area contributed by atoms with Crippen molar-refractivity contribution in [2.75, 3.05) is 0 Å². The highest BCUT2D eigenvalue weighted by Crippen LogP contribution is 2.26. The van der Waals surface area contributed by atoms with Gasteiger partial charge in [-0.15, -0.1) is 0 Å². The quantitative estimate of drug-likeness (QED) is 0.863. The number of alkyl halides is 3. The first-order chi connectivity index (χ1) is 8.92. The van der Waals surface area contributed by atoms with Crippen LogP contribution < -0.4 is 0 Å². The number of hydrogen-bond acceptors (Lipinski definition) is 2. The number of rotatable bonds is 3. The third kappa shape index (κ3) is 2.76. The van der Waals surface area contributed by atoms with Crippen LogP contribution >= 0.6 is 0 Å². The van der Waals surface area contributed by atoms with Gasteiger partial charge in [0.2, 0.25) is 0 Å².